The molecule has 0 atom stereocenters. The Morgan fingerprint density at radius 2 is 1.64 bits per heavy atom. The fourth-order valence-corrected chi connectivity index (χ4v) is 2.33. The molecule has 0 saturated heterocycles. The van der Waals surface area contributed by atoms with Gasteiger partial charge in [-0.3, -0.25) is 0 Å². The summed E-state index contributed by atoms with van der Waals surface area (Å²) in [4.78, 5) is 22.5. The van der Waals surface area contributed by atoms with E-state index in [1.54, 1.807) is 0 Å². The van der Waals surface area contributed by atoms with E-state index in [0.29, 0.717) is 6.07 Å². The maximum atomic E-state index is 13.5. The van der Waals surface area contributed by atoms with Gasteiger partial charge in [0.25, 0.3) is 0 Å². The predicted molar refractivity (Wildman–Crippen MR) is 80.6 cm³/mol. The van der Waals surface area contributed by atoms with E-state index < -0.39 is 29.3 Å². The summed E-state index contributed by atoms with van der Waals surface area (Å²) in [7, 11) is 0. The summed E-state index contributed by atoms with van der Waals surface area (Å²) >= 11 is 0. The van der Waals surface area contributed by atoms with Gasteiger partial charge < -0.3 is 10.2 Å². The molecule has 9 heteroatoms. The molecule has 2 aromatic carbocycles. The first-order valence-electron chi connectivity index (χ1n) is 6.86. The summed E-state index contributed by atoms with van der Waals surface area (Å²) in [5.41, 5.74) is -0.680. The van der Waals surface area contributed by atoms with Crippen LogP contribution in [0.2, 0.25) is 0 Å². The number of benzene rings is 2. The monoisotopic (exact) mass is 345 g/mol. The molecular formula is C16H9F2N3O4. The van der Waals surface area contributed by atoms with Crippen LogP contribution in [-0.4, -0.2) is 37.1 Å². The molecule has 25 heavy (non-hydrogen) atoms. The van der Waals surface area contributed by atoms with Crippen molar-refractivity contribution in [1.82, 2.24) is 15.0 Å². The summed E-state index contributed by atoms with van der Waals surface area (Å²) in [6.45, 7) is 0. The van der Waals surface area contributed by atoms with Crippen molar-refractivity contribution >= 4 is 11.9 Å². The first-order valence-corrected chi connectivity index (χ1v) is 6.86. The van der Waals surface area contributed by atoms with E-state index in [1.165, 1.54) is 24.3 Å². The number of aromatic nitrogens is 3. The van der Waals surface area contributed by atoms with Gasteiger partial charge in [-0.2, -0.15) is 0 Å². The van der Waals surface area contributed by atoms with Gasteiger partial charge in [-0.15, -0.1) is 5.10 Å². The largest absolute Gasteiger partial charge is 0.478 e. The highest BCUT2D eigenvalue weighted by atomic mass is 19.1. The summed E-state index contributed by atoms with van der Waals surface area (Å²) in [6, 6.07) is 7.98. The van der Waals surface area contributed by atoms with Crippen LogP contribution in [0.15, 0.2) is 42.5 Å². The molecule has 1 heterocycles. The molecule has 0 spiro atoms. The molecule has 126 valence electrons. The Bertz CT molecular complexity index is 981. The first-order chi connectivity index (χ1) is 11.9. The van der Waals surface area contributed by atoms with Gasteiger partial charge in [0, 0.05) is 11.6 Å². The average Bonchev–Trinajstić information content (AvgIpc) is 2.99. The number of carbonyl (C=O) groups is 2. The van der Waals surface area contributed by atoms with Crippen LogP contribution in [0.4, 0.5) is 8.78 Å². The van der Waals surface area contributed by atoms with E-state index in [9.17, 15) is 23.5 Å². The number of carboxylic acids is 2. The van der Waals surface area contributed by atoms with E-state index in [1.807, 2.05) is 0 Å². The molecule has 0 aliphatic heterocycles. The van der Waals surface area contributed by atoms with Crippen LogP contribution in [0.25, 0.3) is 16.9 Å². The second-order valence-electron chi connectivity index (χ2n) is 5.02. The lowest BCUT2D eigenvalue weighted by Crippen LogP contribution is -2.05. The van der Waals surface area contributed by atoms with Crippen molar-refractivity contribution in [2.75, 3.05) is 0 Å². The fourth-order valence-electron chi connectivity index (χ4n) is 2.33. The summed E-state index contributed by atoms with van der Waals surface area (Å²) in [6.07, 6.45) is 0. The maximum absolute atomic E-state index is 13.5. The molecule has 0 aliphatic carbocycles. The number of hydrogen-bond donors (Lipinski definition) is 2. The minimum atomic E-state index is -1.44. The summed E-state index contributed by atoms with van der Waals surface area (Å²) in [5, 5.41) is 25.6. The van der Waals surface area contributed by atoms with Gasteiger partial charge >= 0.3 is 11.9 Å². The van der Waals surface area contributed by atoms with Crippen LogP contribution >= 0.6 is 0 Å². The Labute approximate surface area is 138 Å². The van der Waals surface area contributed by atoms with Crippen molar-refractivity contribution in [1.29, 1.82) is 0 Å². The second-order valence-corrected chi connectivity index (χ2v) is 5.02. The topological polar surface area (TPSA) is 105 Å². The molecule has 0 aliphatic rings. The smallest absolute Gasteiger partial charge is 0.358 e. The van der Waals surface area contributed by atoms with Gasteiger partial charge in [0.05, 0.1) is 11.3 Å². The van der Waals surface area contributed by atoms with Gasteiger partial charge in [-0.05, 0) is 30.3 Å². The van der Waals surface area contributed by atoms with E-state index in [0.717, 1.165) is 16.8 Å². The van der Waals surface area contributed by atoms with Crippen molar-refractivity contribution in [3.05, 3.63) is 65.4 Å². The Hall–Kier alpha value is -3.62. The molecule has 0 radical (unpaired) electrons. The molecule has 2 N–H and O–H groups in total. The van der Waals surface area contributed by atoms with Crippen molar-refractivity contribution in [2.45, 2.75) is 0 Å². The van der Waals surface area contributed by atoms with Crippen molar-refractivity contribution in [3.8, 4) is 16.9 Å². The van der Waals surface area contributed by atoms with E-state index >= 15 is 0 Å². The Morgan fingerprint density at radius 1 is 0.960 bits per heavy atom. The third-order valence-corrected chi connectivity index (χ3v) is 3.35. The van der Waals surface area contributed by atoms with Crippen molar-refractivity contribution in [2.24, 2.45) is 0 Å². The third kappa shape index (κ3) is 3.07. The Morgan fingerprint density at radius 3 is 2.24 bits per heavy atom. The summed E-state index contributed by atoms with van der Waals surface area (Å²) < 4.78 is 28.1. The zero-order valence-electron chi connectivity index (χ0n) is 12.3. The van der Waals surface area contributed by atoms with Crippen LogP contribution in [-0.2, 0) is 0 Å². The molecule has 0 saturated carbocycles. The third-order valence-electron chi connectivity index (χ3n) is 3.35. The van der Waals surface area contributed by atoms with Crippen LogP contribution < -0.4 is 0 Å². The number of rotatable bonds is 4. The minimum Gasteiger partial charge on any atom is -0.478 e. The fraction of sp³-hybridized carbons (Fsp3) is 0. The van der Waals surface area contributed by atoms with Gasteiger partial charge in [-0.25, -0.2) is 23.1 Å². The van der Waals surface area contributed by atoms with E-state index in [2.05, 4.69) is 10.3 Å². The lowest BCUT2D eigenvalue weighted by molar-refractivity contribution is 0.0683. The number of hydrogen-bond acceptors (Lipinski definition) is 4. The zero-order valence-corrected chi connectivity index (χ0v) is 12.3. The lowest BCUT2D eigenvalue weighted by atomic mass is 10.1. The number of nitrogens with zero attached hydrogens (tertiary/aromatic N) is 3. The molecule has 0 amide bonds. The molecule has 1 aromatic heterocycles. The van der Waals surface area contributed by atoms with Crippen LogP contribution in [0, 0.1) is 11.6 Å². The molecule has 3 rings (SSSR count). The molecular weight excluding hydrogens is 336 g/mol. The standard InChI is InChI=1S/C16H9F2N3O4/c17-10-4-9(5-11(18)7-10)14-13(16(24)25)19-20-21(14)12-3-1-2-8(6-12)15(22)23/h1-7H,(H,22,23)(H,24,25). The zero-order chi connectivity index (χ0) is 18.1. The van der Waals surface area contributed by atoms with Gasteiger partial charge in [-0.1, -0.05) is 11.3 Å². The van der Waals surface area contributed by atoms with Crippen molar-refractivity contribution < 1.29 is 28.6 Å². The number of halogens is 2. The Balaban J connectivity index is 2.27. The van der Waals surface area contributed by atoms with Crippen molar-refractivity contribution in [3.63, 3.8) is 0 Å². The SMILES string of the molecule is O=C(O)c1cccc(-n2nnc(C(=O)O)c2-c2cc(F)cc(F)c2)c1. The molecule has 0 unspecified atom stereocenters. The van der Waals surface area contributed by atoms with Gasteiger partial charge in [0.2, 0.25) is 0 Å². The quantitative estimate of drug-likeness (QED) is 0.753. The van der Waals surface area contributed by atoms with Gasteiger partial charge in [0.1, 0.15) is 17.3 Å². The average molecular weight is 345 g/mol. The number of carboxylic acid groups (broad SMARTS) is 2. The van der Waals surface area contributed by atoms with Gasteiger partial charge in [0.15, 0.2) is 5.69 Å². The minimum absolute atomic E-state index is 0.0683. The van der Waals surface area contributed by atoms with E-state index in [4.69, 9.17) is 5.11 Å². The first kappa shape index (κ1) is 16.2. The Kier molecular flexibility index (Phi) is 3.97. The normalized spacial score (nSPS) is 10.6. The lowest BCUT2D eigenvalue weighted by Gasteiger charge is -2.08. The second kappa shape index (κ2) is 6.11. The van der Waals surface area contributed by atoms with E-state index in [-0.39, 0.29) is 22.5 Å². The van der Waals surface area contributed by atoms with Crippen LogP contribution in [0.3, 0.4) is 0 Å². The predicted octanol–water partition coefficient (Wildman–Crippen LogP) is 2.61. The molecule has 3 aromatic rings. The summed E-state index contributed by atoms with van der Waals surface area (Å²) in [5.74, 6) is -4.45. The maximum Gasteiger partial charge on any atom is 0.358 e. The highest BCUT2D eigenvalue weighted by molar-refractivity contribution is 5.93. The number of aromatic carboxylic acids is 2. The van der Waals surface area contributed by atoms with Crippen LogP contribution in [0.1, 0.15) is 20.8 Å². The molecule has 7 nitrogen and oxygen atoms in total. The highest BCUT2D eigenvalue weighted by Crippen LogP contribution is 2.27. The molecule has 0 bridgehead atoms. The highest BCUT2D eigenvalue weighted by Gasteiger charge is 2.23. The van der Waals surface area contributed by atoms with Crippen LogP contribution in [0.5, 0.6) is 0 Å². The molecule has 0 fully saturated rings.